The van der Waals surface area contributed by atoms with E-state index < -0.39 is 0 Å². The summed E-state index contributed by atoms with van der Waals surface area (Å²) in [7, 11) is 0. The van der Waals surface area contributed by atoms with Crippen LogP contribution in [0.1, 0.15) is 18.5 Å². The van der Waals surface area contributed by atoms with Gasteiger partial charge in [-0.1, -0.05) is 66.7 Å². The molecule has 0 aliphatic carbocycles. The lowest BCUT2D eigenvalue weighted by atomic mass is 10.1. The van der Waals surface area contributed by atoms with Crippen LogP contribution in [-0.4, -0.2) is 20.2 Å². The van der Waals surface area contributed by atoms with Gasteiger partial charge < -0.3 is 5.32 Å². The Hall–Kier alpha value is -3.60. The van der Waals surface area contributed by atoms with Crippen LogP contribution in [-0.2, 0) is 0 Å². The number of nitrogens with zero attached hydrogens (tertiary/aromatic N) is 4. The summed E-state index contributed by atoms with van der Waals surface area (Å²) >= 11 is 0. The predicted octanol–water partition coefficient (Wildman–Crippen LogP) is 4.77. The highest BCUT2D eigenvalue weighted by molar-refractivity contribution is 5.72. The van der Waals surface area contributed by atoms with Crippen molar-refractivity contribution in [1.82, 2.24) is 20.2 Å². The second kappa shape index (κ2) is 7.74. The second-order valence-electron chi connectivity index (χ2n) is 6.19. The largest absolute Gasteiger partial charge is 0.362 e. The molecule has 0 fully saturated rings. The lowest BCUT2D eigenvalue weighted by molar-refractivity contribution is 0.862. The van der Waals surface area contributed by atoms with Crippen LogP contribution in [0.4, 0.5) is 5.82 Å². The van der Waals surface area contributed by atoms with Gasteiger partial charge in [0.15, 0.2) is 5.82 Å². The maximum atomic E-state index is 4.74. The minimum Gasteiger partial charge on any atom is -0.362 e. The van der Waals surface area contributed by atoms with E-state index in [2.05, 4.69) is 39.6 Å². The molecule has 4 aromatic rings. The van der Waals surface area contributed by atoms with E-state index in [-0.39, 0.29) is 6.04 Å². The Morgan fingerprint density at radius 2 is 1.48 bits per heavy atom. The van der Waals surface area contributed by atoms with Crippen molar-refractivity contribution in [1.29, 1.82) is 0 Å². The van der Waals surface area contributed by atoms with Crippen LogP contribution in [0.5, 0.6) is 0 Å². The lowest BCUT2D eigenvalue weighted by Crippen LogP contribution is -2.11. The summed E-state index contributed by atoms with van der Waals surface area (Å²) in [6.45, 7) is 2.10. The zero-order chi connectivity index (χ0) is 18.5. The predicted molar refractivity (Wildman–Crippen MR) is 107 cm³/mol. The molecule has 0 bridgehead atoms. The molecule has 0 amide bonds. The first-order valence-electron chi connectivity index (χ1n) is 8.84. The van der Waals surface area contributed by atoms with Gasteiger partial charge in [0.25, 0.3) is 0 Å². The summed E-state index contributed by atoms with van der Waals surface area (Å²) in [6.07, 6.45) is 1.73. The van der Waals surface area contributed by atoms with Crippen LogP contribution in [0, 0.1) is 0 Å². The van der Waals surface area contributed by atoms with Crippen LogP contribution in [0.2, 0.25) is 0 Å². The Kier molecular flexibility index (Phi) is 4.83. The van der Waals surface area contributed by atoms with Crippen molar-refractivity contribution in [2.75, 3.05) is 5.32 Å². The molecule has 0 radical (unpaired) electrons. The fourth-order valence-electron chi connectivity index (χ4n) is 2.85. The molecule has 0 saturated heterocycles. The summed E-state index contributed by atoms with van der Waals surface area (Å²) < 4.78 is 0. The summed E-state index contributed by atoms with van der Waals surface area (Å²) in [5.74, 6) is 1.19. The highest BCUT2D eigenvalue weighted by Crippen LogP contribution is 2.28. The summed E-state index contributed by atoms with van der Waals surface area (Å²) in [5.41, 5.74) is 3.56. The molecule has 0 saturated carbocycles. The Labute approximate surface area is 158 Å². The molecule has 0 aliphatic heterocycles. The van der Waals surface area contributed by atoms with Gasteiger partial charge in [-0.05, 0) is 24.6 Å². The standard InChI is InChI=1S/C22H19N5/c1-16(17-10-4-2-5-11-17)24-22-20(18-12-6-3-7-13-18)26-27-21(25-22)19-14-8-9-15-23-19/h2-16H,1H3,(H,24,25,27)/t16-/m1/s1. The number of aromatic nitrogens is 4. The molecular weight excluding hydrogens is 334 g/mol. The van der Waals surface area contributed by atoms with Crippen molar-refractivity contribution >= 4 is 5.82 Å². The second-order valence-corrected chi connectivity index (χ2v) is 6.19. The van der Waals surface area contributed by atoms with E-state index in [0.717, 1.165) is 11.3 Å². The first-order valence-corrected chi connectivity index (χ1v) is 8.84. The molecule has 5 nitrogen and oxygen atoms in total. The molecule has 4 rings (SSSR count). The van der Waals surface area contributed by atoms with Crippen molar-refractivity contribution in [2.45, 2.75) is 13.0 Å². The number of nitrogens with one attached hydrogen (secondary N) is 1. The number of pyridine rings is 1. The minimum absolute atomic E-state index is 0.0712. The van der Waals surface area contributed by atoms with Crippen molar-refractivity contribution in [2.24, 2.45) is 0 Å². The van der Waals surface area contributed by atoms with Crippen molar-refractivity contribution in [3.63, 3.8) is 0 Å². The first-order chi connectivity index (χ1) is 13.3. The van der Waals surface area contributed by atoms with E-state index in [1.54, 1.807) is 6.20 Å². The van der Waals surface area contributed by atoms with E-state index in [0.29, 0.717) is 17.3 Å². The zero-order valence-electron chi connectivity index (χ0n) is 14.9. The topological polar surface area (TPSA) is 63.6 Å². The molecule has 0 unspecified atom stereocenters. The van der Waals surface area contributed by atoms with Gasteiger partial charge in [0.05, 0.1) is 6.04 Å². The van der Waals surface area contributed by atoms with Gasteiger partial charge in [0.2, 0.25) is 5.82 Å². The molecule has 2 aromatic carbocycles. The Balaban J connectivity index is 1.76. The van der Waals surface area contributed by atoms with Gasteiger partial charge in [0, 0.05) is 11.8 Å². The highest BCUT2D eigenvalue weighted by Gasteiger charge is 2.15. The third kappa shape index (κ3) is 3.82. The third-order valence-electron chi connectivity index (χ3n) is 4.28. The SMILES string of the molecule is C[C@@H](Nc1nc(-c2ccccn2)nnc1-c1ccccc1)c1ccccc1. The highest BCUT2D eigenvalue weighted by atomic mass is 15.2. The lowest BCUT2D eigenvalue weighted by Gasteiger charge is -2.17. The van der Waals surface area contributed by atoms with Crippen molar-refractivity contribution in [3.8, 4) is 22.8 Å². The van der Waals surface area contributed by atoms with E-state index in [9.17, 15) is 0 Å². The van der Waals surface area contributed by atoms with Crippen molar-refractivity contribution in [3.05, 3.63) is 90.6 Å². The minimum atomic E-state index is 0.0712. The number of hydrogen-bond donors (Lipinski definition) is 1. The number of benzene rings is 2. The fourth-order valence-corrected chi connectivity index (χ4v) is 2.85. The molecule has 5 heteroatoms. The van der Waals surface area contributed by atoms with Crippen LogP contribution in [0.15, 0.2) is 85.1 Å². The third-order valence-corrected chi connectivity index (χ3v) is 4.28. The fraction of sp³-hybridized carbons (Fsp3) is 0.0909. The average Bonchev–Trinajstić information content (AvgIpc) is 2.75. The van der Waals surface area contributed by atoms with Gasteiger partial charge in [-0.25, -0.2) is 4.98 Å². The molecule has 132 valence electrons. The number of hydrogen-bond acceptors (Lipinski definition) is 5. The van der Waals surface area contributed by atoms with Gasteiger partial charge in [-0.3, -0.25) is 4.98 Å². The Morgan fingerprint density at radius 1 is 0.778 bits per heavy atom. The maximum absolute atomic E-state index is 4.74. The van der Waals surface area contributed by atoms with Crippen LogP contribution < -0.4 is 5.32 Å². The molecule has 0 spiro atoms. The summed E-state index contributed by atoms with van der Waals surface area (Å²) in [6, 6.07) is 25.9. The van der Waals surface area contributed by atoms with Gasteiger partial charge >= 0.3 is 0 Å². The van der Waals surface area contributed by atoms with Crippen LogP contribution in [0.25, 0.3) is 22.8 Å². The summed E-state index contributed by atoms with van der Waals surface area (Å²) in [5, 5.41) is 12.3. The number of rotatable bonds is 5. The molecule has 2 heterocycles. The number of anilines is 1. The average molecular weight is 353 g/mol. The molecule has 27 heavy (non-hydrogen) atoms. The quantitative estimate of drug-likeness (QED) is 0.560. The van der Waals surface area contributed by atoms with Gasteiger partial charge in [-0.2, -0.15) is 0 Å². The molecule has 0 aliphatic rings. The van der Waals surface area contributed by atoms with E-state index in [4.69, 9.17) is 4.98 Å². The smallest absolute Gasteiger partial charge is 0.202 e. The van der Waals surface area contributed by atoms with E-state index >= 15 is 0 Å². The zero-order valence-corrected chi connectivity index (χ0v) is 14.9. The van der Waals surface area contributed by atoms with Crippen molar-refractivity contribution < 1.29 is 0 Å². The molecule has 2 aromatic heterocycles. The first kappa shape index (κ1) is 16.8. The molecule has 1 N–H and O–H groups in total. The van der Waals surface area contributed by atoms with Crippen LogP contribution in [0.3, 0.4) is 0 Å². The molecule has 1 atom stereocenters. The monoisotopic (exact) mass is 353 g/mol. The van der Waals surface area contributed by atoms with Crippen LogP contribution >= 0.6 is 0 Å². The van der Waals surface area contributed by atoms with Gasteiger partial charge in [0.1, 0.15) is 11.4 Å². The molecular formula is C22H19N5. The van der Waals surface area contributed by atoms with E-state index in [1.165, 1.54) is 5.56 Å². The Bertz CT molecular complexity index is 1000. The van der Waals surface area contributed by atoms with E-state index in [1.807, 2.05) is 66.7 Å². The Morgan fingerprint density at radius 3 is 2.19 bits per heavy atom. The van der Waals surface area contributed by atoms with Gasteiger partial charge in [-0.15, -0.1) is 10.2 Å². The maximum Gasteiger partial charge on any atom is 0.202 e. The summed E-state index contributed by atoms with van der Waals surface area (Å²) in [4.78, 5) is 9.07. The normalized spacial score (nSPS) is 11.7.